The van der Waals surface area contributed by atoms with Crippen LogP contribution in [0, 0.1) is 6.92 Å². The molecule has 0 amide bonds. The Balaban J connectivity index is 1.30. The van der Waals surface area contributed by atoms with E-state index in [1.807, 2.05) is 110 Å². The Morgan fingerprint density at radius 2 is 1.14 bits per heavy atom. The van der Waals surface area contributed by atoms with Gasteiger partial charge in [0, 0.05) is 40.8 Å². The van der Waals surface area contributed by atoms with Crippen LogP contribution in [0.1, 0.15) is 96.7 Å². The number of aromatic nitrogens is 3. The Morgan fingerprint density at radius 1 is 0.492 bits per heavy atom. The summed E-state index contributed by atoms with van der Waals surface area (Å²) in [6.07, 6.45) is 1.85. The van der Waals surface area contributed by atoms with Gasteiger partial charge in [-0.15, -0.1) is 0 Å². The number of aryl methyl sites for hydroxylation is 1. The monoisotopic (exact) mass is 859 g/mol. The predicted molar refractivity (Wildman–Crippen MR) is 274 cm³/mol. The summed E-state index contributed by atoms with van der Waals surface area (Å²) in [5.74, 6) is 0.649. The van der Waals surface area contributed by atoms with Crippen LogP contribution in [0.2, 0.25) is 0 Å². The second kappa shape index (κ2) is 16.5. The van der Waals surface area contributed by atoms with Crippen LogP contribution in [-0.2, 0) is 16.2 Å². The van der Waals surface area contributed by atoms with Gasteiger partial charge in [-0.3, -0.25) is 9.55 Å². The molecule has 9 aromatic rings. The average molecular weight is 859 g/mol. The van der Waals surface area contributed by atoms with Crippen molar-refractivity contribution in [3.8, 4) is 78.6 Å². The molecule has 324 valence electrons. The molecule has 0 fully saturated rings. The molecule has 0 spiro atoms. The van der Waals surface area contributed by atoms with E-state index in [0.29, 0.717) is 28.0 Å². The molecule has 65 heavy (non-hydrogen) atoms. The minimum absolute atomic E-state index is 0.128. The third-order valence-corrected chi connectivity index (χ3v) is 12.2. The minimum atomic E-state index is -3.39. The predicted octanol–water partition coefficient (Wildman–Crippen LogP) is 16.3. The quantitative estimate of drug-likeness (QED) is 0.174. The van der Waals surface area contributed by atoms with E-state index in [1.165, 1.54) is 12.1 Å². The largest absolute Gasteiger partial charge is 0.507 e. The first-order valence-corrected chi connectivity index (χ1v) is 22.0. The average Bonchev–Trinajstić information content (AvgIpc) is 3.73. The smallest absolute Gasteiger partial charge is 0.149 e. The van der Waals surface area contributed by atoms with Crippen LogP contribution in [0.3, 0.4) is 0 Å². The highest BCUT2D eigenvalue weighted by atomic mass is 16.3. The summed E-state index contributed by atoms with van der Waals surface area (Å²) in [4.78, 5) is 10.5. The summed E-state index contributed by atoms with van der Waals surface area (Å²) in [6, 6.07) is 52.8. The molecule has 0 aliphatic heterocycles. The lowest BCUT2D eigenvalue weighted by Crippen LogP contribution is -2.12. The molecule has 2 aromatic heterocycles. The molecule has 4 nitrogen and oxygen atoms in total. The molecule has 0 aliphatic rings. The molecular weight excluding hydrogens is 791 g/mol. The van der Waals surface area contributed by atoms with E-state index in [0.717, 1.165) is 72.5 Å². The molecule has 0 bridgehead atoms. The van der Waals surface area contributed by atoms with E-state index in [-0.39, 0.29) is 16.7 Å². The van der Waals surface area contributed by atoms with Crippen LogP contribution in [0.5, 0.6) is 5.75 Å². The molecule has 2 heterocycles. The third kappa shape index (κ3) is 8.54. The number of pyridine rings is 1. The van der Waals surface area contributed by atoms with Crippen molar-refractivity contribution in [2.45, 2.75) is 85.3 Å². The van der Waals surface area contributed by atoms with Crippen molar-refractivity contribution in [3.05, 3.63) is 192 Å². The molecule has 7 aromatic carbocycles. The Hall–Kier alpha value is -7.04. The van der Waals surface area contributed by atoms with E-state index in [4.69, 9.17) is 22.3 Å². The normalized spacial score (nSPS) is 14.8. The number of hydrogen-bond acceptors (Lipinski definition) is 3. The summed E-state index contributed by atoms with van der Waals surface area (Å²) >= 11 is 0. The summed E-state index contributed by atoms with van der Waals surface area (Å²) in [5, 5.41) is 12.4. The van der Waals surface area contributed by atoms with Crippen LogP contribution < -0.4 is 0 Å². The summed E-state index contributed by atoms with van der Waals surface area (Å²) in [5.41, 5.74) is 10.3. The maximum absolute atomic E-state index is 12.4. The number of rotatable bonds is 7. The van der Waals surface area contributed by atoms with Crippen LogP contribution in [-0.4, -0.2) is 19.6 Å². The highest BCUT2D eigenvalue weighted by Crippen LogP contribution is 2.45. The molecule has 0 unspecified atom stereocenters. The number of phenolic OH excluding ortho intramolecular Hbond substituents is 1. The van der Waals surface area contributed by atoms with Gasteiger partial charge < -0.3 is 5.11 Å². The SMILES string of the molecule is [2H]C([2H])([2H])C(c1ccc(-c2ccc(-n3c(-c4cc(C)cc(C(C)(C)C)c4O)nc4c(-c5cc(-c6cc(-c7ccccc7)ccn6)cc(C(C)(C)C)c5)cccc43)c(-c3ccccc3)c2)cc1)(C([2H])([2H])[2H])C([2H])([2H])[2H]. The molecule has 0 saturated carbocycles. The fraction of sp³-hybridized carbons (Fsp3) is 0.213. The van der Waals surface area contributed by atoms with Gasteiger partial charge in [-0.1, -0.05) is 177 Å². The van der Waals surface area contributed by atoms with E-state index in [1.54, 1.807) is 12.1 Å². The van der Waals surface area contributed by atoms with Crippen LogP contribution >= 0.6 is 0 Å². The number of imidazole rings is 1. The second-order valence-electron chi connectivity index (χ2n) is 19.2. The maximum Gasteiger partial charge on any atom is 0.149 e. The highest BCUT2D eigenvalue weighted by Gasteiger charge is 2.27. The number of nitrogens with zero attached hydrogens (tertiary/aromatic N) is 3. The standard InChI is InChI=1S/C61H59N3O/c1-39-32-51(57(65)52(33-39)61(8,9)10)58-63-56-49(45-34-46(36-48(35-45)60(5,6)7)53-38-44(30-31-62-53)40-18-13-11-14-19-40)22-17-23-55(56)64(58)54-29-26-43(37-50(54)42-20-15-12-16-21-42)41-24-27-47(28-25-41)59(2,3)4/h11-38,65H,1-10H3/i2D3,3D3,4D3. The van der Waals surface area contributed by atoms with Crippen LogP contribution in [0.15, 0.2) is 170 Å². The van der Waals surface area contributed by atoms with Crippen LogP contribution in [0.25, 0.3) is 83.9 Å². The van der Waals surface area contributed by atoms with Gasteiger partial charge >= 0.3 is 0 Å². The maximum atomic E-state index is 12.4. The third-order valence-electron chi connectivity index (χ3n) is 12.2. The van der Waals surface area contributed by atoms with E-state index < -0.39 is 31.4 Å². The molecule has 0 atom stereocenters. The summed E-state index contributed by atoms with van der Waals surface area (Å²) in [6.45, 7) is 4.68. The molecule has 9 rings (SSSR count). The topological polar surface area (TPSA) is 50.9 Å². The number of aromatic hydroxyl groups is 1. The number of phenols is 1. The minimum Gasteiger partial charge on any atom is -0.507 e. The first-order chi connectivity index (χ1) is 34.7. The molecule has 0 radical (unpaired) electrons. The zero-order chi connectivity index (χ0) is 53.3. The van der Waals surface area contributed by atoms with Gasteiger partial charge in [0.05, 0.1) is 28.0 Å². The summed E-state index contributed by atoms with van der Waals surface area (Å²) < 4.78 is 76.7. The lowest BCUT2D eigenvalue weighted by Gasteiger charge is -2.23. The van der Waals surface area contributed by atoms with E-state index >= 15 is 0 Å². The van der Waals surface area contributed by atoms with Crippen molar-refractivity contribution in [1.82, 2.24) is 14.5 Å². The second-order valence-corrected chi connectivity index (χ2v) is 19.2. The molecule has 0 saturated heterocycles. The van der Waals surface area contributed by atoms with Crippen molar-refractivity contribution in [1.29, 1.82) is 0 Å². The number of hydrogen-bond donors (Lipinski definition) is 1. The van der Waals surface area contributed by atoms with Gasteiger partial charge in [0.2, 0.25) is 0 Å². The first-order valence-electron chi connectivity index (χ1n) is 26.5. The zero-order valence-electron chi connectivity index (χ0n) is 47.0. The molecule has 4 heteroatoms. The summed E-state index contributed by atoms with van der Waals surface area (Å²) in [7, 11) is 0. The van der Waals surface area contributed by atoms with Gasteiger partial charge in [0.1, 0.15) is 11.6 Å². The Kier molecular flexibility index (Phi) is 8.50. The molecule has 0 aliphatic carbocycles. The fourth-order valence-electron chi connectivity index (χ4n) is 8.71. The van der Waals surface area contributed by atoms with Crippen LogP contribution in [0.4, 0.5) is 0 Å². The molecule has 1 N–H and O–H groups in total. The fourth-order valence-corrected chi connectivity index (χ4v) is 8.71. The van der Waals surface area contributed by atoms with Gasteiger partial charge in [0.15, 0.2) is 0 Å². The van der Waals surface area contributed by atoms with Gasteiger partial charge in [0.25, 0.3) is 0 Å². The van der Waals surface area contributed by atoms with Crippen molar-refractivity contribution < 1.29 is 17.4 Å². The zero-order valence-corrected chi connectivity index (χ0v) is 38.0. The Bertz CT molecular complexity index is 3510. The lowest BCUT2D eigenvalue weighted by molar-refractivity contribution is 0.448. The number of benzene rings is 7. The van der Waals surface area contributed by atoms with Crippen molar-refractivity contribution >= 4 is 11.0 Å². The van der Waals surface area contributed by atoms with Crippen molar-refractivity contribution in [2.24, 2.45) is 0 Å². The Labute approximate surface area is 398 Å². The van der Waals surface area contributed by atoms with E-state index in [2.05, 4.69) is 88.6 Å². The van der Waals surface area contributed by atoms with Crippen molar-refractivity contribution in [2.75, 3.05) is 0 Å². The number of para-hydroxylation sites is 1. The molecular formula is C61H59N3O. The van der Waals surface area contributed by atoms with Gasteiger partial charge in [-0.25, -0.2) is 4.98 Å². The van der Waals surface area contributed by atoms with Gasteiger partial charge in [-0.2, -0.15) is 0 Å². The number of fused-ring (bicyclic) bond motifs is 1. The van der Waals surface area contributed by atoms with Crippen molar-refractivity contribution in [3.63, 3.8) is 0 Å². The van der Waals surface area contributed by atoms with E-state index in [9.17, 15) is 5.11 Å². The highest BCUT2D eigenvalue weighted by molar-refractivity contribution is 5.98. The Morgan fingerprint density at radius 3 is 1.82 bits per heavy atom. The van der Waals surface area contributed by atoms with Gasteiger partial charge in [-0.05, 0) is 122 Å². The lowest BCUT2D eigenvalue weighted by atomic mass is 9.83. The first kappa shape index (κ1) is 33.5.